The molecule has 7 nitrogen and oxygen atoms in total. The van der Waals surface area contributed by atoms with E-state index in [1.54, 1.807) is 12.1 Å². The smallest absolute Gasteiger partial charge is 0.284 e. The second kappa shape index (κ2) is 8.72. The van der Waals surface area contributed by atoms with Crippen molar-refractivity contribution in [2.75, 3.05) is 13.7 Å². The van der Waals surface area contributed by atoms with Crippen LogP contribution in [0.3, 0.4) is 0 Å². The van der Waals surface area contributed by atoms with Crippen molar-refractivity contribution in [2.45, 2.75) is 4.90 Å². The Hall–Kier alpha value is -3.11. The zero-order valence-corrected chi connectivity index (χ0v) is 17.4. The van der Waals surface area contributed by atoms with E-state index >= 15 is 0 Å². The van der Waals surface area contributed by atoms with Gasteiger partial charge in [0.2, 0.25) is 0 Å². The number of ether oxygens (including phenoxy) is 1. The Kier molecular flexibility index (Phi) is 6.28. The molecule has 1 fully saturated rings. The summed E-state index contributed by atoms with van der Waals surface area (Å²) >= 11 is 0.887. The van der Waals surface area contributed by atoms with E-state index in [-0.39, 0.29) is 33.0 Å². The molecule has 1 aliphatic rings. The van der Waals surface area contributed by atoms with Gasteiger partial charge in [0, 0.05) is 6.54 Å². The number of methoxy groups -OCH3 is 1. The molecule has 1 heterocycles. The normalized spacial score (nSPS) is 17.0. The van der Waals surface area contributed by atoms with Gasteiger partial charge >= 0.3 is 0 Å². The van der Waals surface area contributed by atoms with Crippen LogP contribution in [0.4, 0.5) is 4.39 Å². The summed E-state index contributed by atoms with van der Waals surface area (Å²) in [4.78, 5) is 14.0. The number of sulfonamides is 1. The molecule has 10 heteroatoms. The van der Waals surface area contributed by atoms with Gasteiger partial charge in [0.15, 0.2) is 16.7 Å². The van der Waals surface area contributed by atoms with Crippen molar-refractivity contribution in [3.8, 4) is 11.5 Å². The molecule has 1 N–H and O–H groups in total. The second-order valence-corrected chi connectivity index (χ2v) is 8.66. The van der Waals surface area contributed by atoms with Crippen molar-refractivity contribution in [3.63, 3.8) is 0 Å². The third kappa shape index (κ3) is 4.55. The van der Waals surface area contributed by atoms with Crippen molar-refractivity contribution in [1.29, 1.82) is 0 Å². The summed E-state index contributed by atoms with van der Waals surface area (Å²) in [6.45, 7) is 3.64. The zero-order chi connectivity index (χ0) is 21.9. The summed E-state index contributed by atoms with van der Waals surface area (Å²) in [5.41, 5.74) is 0.571. The monoisotopic (exact) mass is 448 g/mol. The lowest BCUT2D eigenvalue weighted by atomic mass is 10.2. The quantitative estimate of drug-likeness (QED) is 0.538. The molecule has 0 bridgehead atoms. The number of benzene rings is 2. The number of nitrogens with zero attached hydrogens (tertiary/aromatic N) is 2. The van der Waals surface area contributed by atoms with Crippen LogP contribution in [0.2, 0.25) is 0 Å². The van der Waals surface area contributed by atoms with Gasteiger partial charge in [-0.3, -0.25) is 9.69 Å². The van der Waals surface area contributed by atoms with Crippen LogP contribution in [0.1, 0.15) is 5.56 Å². The van der Waals surface area contributed by atoms with E-state index < -0.39 is 21.7 Å². The Balaban J connectivity index is 1.99. The minimum Gasteiger partial charge on any atom is -0.504 e. The Morgan fingerprint density at radius 1 is 1.27 bits per heavy atom. The Bertz CT molecular complexity index is 1160. The maximum Gasteiger partial charge on any atom is 0.284 e. The molecule has 1 aliphatic heterocycles. The fourth-order valence-corrected chi connectivity index (χ4v) is 4.75. The highest BCUT2D eigenvalue weighted by molar-refractivity contribution is 8.19. The van der Waals surface area contributed by atoms with Gasteiger partial charge in [-0.1, -0.05) is 12.1 Å². The molecule has 0 aliphatic carbocycles. The summed E-state index contributed by atoms with van der Waals surface area (Å²) in [6, 6.07) is 8.79. The third-order valence-electron chi connectivity index (χ3n) is 4.01. The Morgan fingerprint density at radius 3 is 2.60 bits per heavy atom. The van der Waals surface area contributed by atoms with Gasteiger partial charge in [-0.15, -0.1) is 11.0 Å². The fraction of sp³-hybridized carbons (Fsp3) is 0.100. The van der Waals surface area contributed by atoms with E-state index in [1.165, 1.54) is 30.2 Å². The predicted molar refractivity (Wildman–Crippen MR) is 113 cm³/mol. The number of hydrogen-bond donors (Lipinski definition) is 1. The lowest BCUT2D eigenvalue weighted by Crippen LogP contribution is -2.29. The maximum atomic E-state index is 13.1. The Morgan fingerprint density at radius 2 is 1.97 bits per heavy atom. The highest BCUT2D eigenvalue weighted by Crippen LogP contribution is 2.35. The van der Waals surface area contributed by atoms with Crippen LogP contribution in [0.15, 0.2) is 69.3 Å². The molecule has 0 saturated carbocycles. The Labute approximate surface area is 177 Å². The average Bonchev–Trinajstić information content (AvgIpc) is 2.98. The number of phenolic OH excluding ortho intramolecular Hbond substituents is 1. The van der Waals surface area contributed by atoms with Crippen molar-refractivity contribution in [3.05, 3.63) is 71.4 Å². The number of halogens is 1. The summed E-state index contributed by atoms with van der Waals surface area (Å²) in [5.74, 6) is -0.837. The summed E-state index contributed by atoms with van der Waals surface area (Å²) in [5, 5.41) is 9.67. The van der Waals surface area contributed by atoms with Gasteiger partial charge in [0.05, 0.1) is 16.9 Å². The summed E-state index contributed by atoms with van der Waals surface area (Å²) in [7, 11) is -2.75. The molecule has 0 radical (unpaired) electrons. The molecular weight excluding hydrogens is 431 g/mol. The number of aromatic hydroxyl groups is 1. The summed E-state index contributed by atoms with van der Waals surface area (Å²) < 4.78 is 47.1. The molecule has 0 atom stereocenters. The van der Waals surface area contributed by atoms with Crippen LogP contribution in [0.25, 0.3) is 6.08 Å². The molecule has 3 rings (SSSR count). The first-order valence-electron chi connectivity index (χ1n) is 8.55. The van der Waals surface area contributed by atoms with Crippen molar-refractivity contribution in [2.24, 2.45) is 4.40 Å². The number of thioether (sulfide) groups is 1. The van der Waals surface area contributed by atoms with Crippen LogP contribution in [0.5, 0.6) is 11.5 Å². The SMILES string of the molecule is C=CCN1C(=O)/C(=C/c2ccc(O)c(OC)c2)S/C1=N/S(=O)(=O)c1ccc(F)cc1. The average molecular weight is 448 g/mol. The minimum absolute atomic E-state index is 0.0405. The lowest BCUT2D eigenvalue weighted by Gasteiger charge is -2.12. The van der Waals surface area contributed by atoms with Crippen LogP contribution in [-0.2, 0) is 14.8 Å². The molecule has 0 aromatic heterocycles. The van der Waals surface area contributed by atoms with Crippen molar-refractivity contribution < 1.29 is 27.4 Å². The minimum atomic E-state index is -4.16. The molecule has 156 valence electrons. The predicted octanol–water partition coefficient (Wildman–Crippen LogP) is 3.39. The van der Waals surface area contributed by atoms with Gasteiger partial charge < -0.3 is 9.84 Å². The maximum absolute atomic E-state index is 13.1. The molecule has 2 aromatic carbocycles. The number of carbonyl (C=O) groups excluding carboxylic acids is 1. The van der Waals surface area contributed by atoms with Gasteiger partial charge in [0.1, 0.15) is 5.82 Å². The standard InChI is InChI=1S/C20H17FN2O5S2/c1-3-10-23-19(25)18(12-13-4-9-16(24)17(11-13)28-2)29-20(23)22-30(26,27)15-7-5-14(21)6-8-15/h3-9,11-12,24H,1,10H2,2H3/b18-12-,22-20+. The van der Waals surface area contributed by atoms with E-state index in [4.69, 9.17) is 4.74 Å². The lowest BCUT2D eigenvalue weighted by molar-refractivity contribution is -0.121. The van der Waals surface area contributed by atoms with E-state index in [0.29, 0.717) is 5.56 Å². The number of phenols is 1. The van der Waals surface area contributed by atoms with Crippen LogP contribution in [0, 0.1) is 5.82 Å². The first-order valence-corrected chi connectivity index (χ1v) is 10.8. The number of amides is 1. The van der Waals surface area contributed by atoms with E-state index in [0.717, 1.165) is 36.0 Å². The van der Waals surface area contributed by atoms with Crippen LogP contribution in [-0.4, -0.2) is 43.2 Å². The van der Waals surface area contributed by atoms with E-state index in [1.807, 2.05) is 0 Å². The molecule has 1 amide bonds. The molecule has 2 aromatic rings. The van der Waals surface area contributed by atoms with Gasteiger partial charge in [-0.25, -0.2) is 4.39 Å². The fourth-order valence-electron chi connectivity index (χ4n) is 2.56. The van der Waals surface area contributed by atoms with E-state index in [9.17, 15) is 22.7 Å². The van der Waals surface area contributed by atoms with Crippen LogP contribution >= 0.6 is 11.8 Å². The highest BCUT2D eigenvalue weighted by atomic mass is 32.2. The number of rotatable bonds is 6. The first-order chi connectivity index (χ1) is 14.2. The molecule has 0 spiro atoms. The van der Waals surface area contributed by atoms with Gasteiger partial charge in [0.25, 0.3) is 15.9 Å². The van der Waals surface area contributed by atoms with Crippen molar-refractivity contribution in [1.82, 2.24) is 4.90 Å². The second-order valence-electron chi connectivity index (χ2n) is 6.05. The number of carbonyl (C=O) groups is 1. The molecule has 0 unspecified atom stereocenters. The molecule has 1 saturated heterocycles. The van der Waals surface area contributed by atoms with Crippen LogP contribution < -0.4 is 4.74 Å². The topological polar surface area (TPSA) is 96.3 Å². The van der Waals surface area contributed by atoms with Crippen molar-refractivity contribution >= 4 is 38.9 Å². The first kappa shape index (κ1) is 21.6. The number of amidine groups is 1. The summed E-state index contributed by atoms with van der Waals surface area (Å²) in [6.07, 6.45) is 2.99. The molecular formula is C20H17FN2O5S2. The van der Waals surface area contributed by atoms with E-state index in [2.05, 4.69) is 11.0 Å². The zero-order valence-electron chi connectivity index (χ0n) is 15.8. The third-order valence-corrected chi connectivity index (χ3v) is 6.41. The number of hydrogen-bond acceptors (Lipinski definition) is 6. The molecule has 30 heavy (non-hydrogen) atoms. The van der Waals surface area contributed by atoms with Gasteiger partial charge in [-0.2, -0.15) is 8.42 Å². The largest absolute Gasteiger partial charge is 0.504 e. The highest BCUT2D eigenvalue weighted by Gasteiger charge is 2.34. The van der Waals surface area contributed by atoms with Gasteiger partial charge in [-0.05, 0) is 59.8 Å².